The maximum Gasteiger partial charge on any atom is 0.304 e. The first-order chi connectivity index (χ1) is 10.3. The smallest absolute Gasteiger partial charge is 0.304 e. The van der Waals surface area contributed by atoms with Crippen molar-refractivity contribution in [3.05, 3.63) is 34.5 Å². The van der Waals surface area contributed by atoms with Crippen molar-refractivity contribution < 1.29 is 9.90 Å². The van der Waals surface area contributed by atoms with Crippen LogP contribution in [0.5, 0.6) is 0 Å². The Kier molecular flexibility index (Phi) is 7.59. The Morgan fingerprint density at radius 3 is 2.45 bits per heavy atom. The zero-order valence-electron chi connectivity index (χ0n) is 12.6. The molecule has 0 amide bonds. The highest BCUT2D eigenvalue weighted by atomic mass is 35.5. The van der Waals surface area contributed by atoms with Crippen LogP contribution in [-0.4, -0.2) is 42.0 Å². The summed E-state index contributed by atoms with van der Waals surface area (Å²) in [7, 11) is 0. The number of hydrogen-bond donors (Lipinski definition) is 2. The van der Waals surface area contributed by atoms with Crippen LogP contribution in [0.2, 0.25) is 0 Å². The van der Waals surface area contributed by atoms with Crippen LogP contribution in [0.1, 0.15) is 17.5 Å². The van der Waals surface area contributed by atoms with Crippen LogP contribution in [0, 0.1) is 12.1 Å². The summed E-state index contributed by atoms with van der Waals surface area (Å²) >= 11 is 11.5. The molecule has 124 valence electrons. The van der Waals surface area contributed by atoms with Crippen LogP contribution in [0.15, 0.2) is 18.2 Å². The summed E-state index contributed by atoms with van der Waals surface area (Å²) in [5.74, 6) is -0.455. The SMILES string of the molecule is Cc1ccc([N+]([O-])(CCCl)CCCl)cc1C[C@@H](N)CC(=O)O. The van der Waals surface area contributed by atoms with Crippen molar-refractivity contribution in [2.75, 3.05) is 24.8 Å². The number of aryl methyl sites for hydroxylation is 1. The van der Waals surface area contributed by atoms with Gasteiger partial charge >= 0.3 is 5.97 Å². The normalized spacial score (nSPS) is 13.1. The van der Waals surface area contributed by atoms with Gasteiger partial charge in [0.05, 0.1) is 31.3 Å². The Labute approximate surface area is 140 Å². The number of carboxylic acid groups (broad SMARTS) is 1. The second-order valence-electron chi connectivity index (χ2n) is 5.39. The highest BCUT2D eigenvalue weighted by Gasteiger charge is 2.21. The predicted molar refractivity (Wildman–Crippen MR) is 91.4 cm³/mol. The lowest BCUT2D eigenvalue weighted by Crippen LogP contribution is -2.46. The van der Waals surface area contributed by atoms with E-state index in [1.54, 1.807) is 12.1 Å². The number of carboxylic acids is 1. The van der Waals surface area contributed by atoms with Crippen LogP contribution in [0.4, 0.5) is 5.69 Å². The zero-order valence-corrected chi connectivity index (χ0v) is 14.1. The van der Waals surface area contributed by atoms with E-state index in [-0.39, 0.29) is 31.3 Å². The van der Waals surface area contributed by atoms with E-state index in [9.17, 15) is 10.0 Å². The first-order valence-corrected chi connectivity index (χ1v) is 8.16. The molecule has 0 aliphatic rings. The Morgan fingerprint density at radius 2 is 1.95 bits per heavy atom. The Hall–Kier alpha value is -0.850. The van der Waals surface area contributed by atoms with E-state index in [4.69, 9.17) is 34.0 Å². The maximum atomic E-state index is 12.9. The second-order valence-corrected chi connectivity index (χ2v) is 6.14. The van der Waals surface area contributed by atoms with Crippen LogP contribution in [0.25, 0.3) is 0 Å². The van der Waals surface area contributed by atoms with Gasteiger partial charge in [-0.3, -0.25) is 4.79 Å². The van der Waals surface area contributed by atoms with E-state index in [1.807, 2.05) is 13.0 Å². The van der Waals surface area contributed by atoms with Gasteiger partial charge in [-0.1, -0.05) is 6.07 Å². The molecule has 0 saturated heterocycles. The van der Waals surface area contributed by atoms with Gasteiger partial charge in [-0.05, 0) is 30.5 Å². The molecule has 0 heterocycles. The van der Waals surface area contributed by atoms with Crippen molar-refractivity contribution in [3.8, 4) is 0 Å². The van der Waals surface area contributed by atoms with E-state index in [1.165, 1.54) is 0 Å². The van der Waals surface area contributed by atoms with Crippen LogP contribution in [0.3, 0.4) is 0 Å². The molecule has 1 atom stereocenters. The van der Waals surface area contributed by atoms with E-state index in [0.717, 1.165) is 11.1 Å². The van der Waals surface area contributed by atoms with Crippen LogP contribution < -0.4 is 10.4 Å². The minimum Gasteiger partial charge on any atom is -0.627 e. The van der Waals surface area contributed by atoms with E-state index < -0.39 is 16.7 Å². The third-order valence-electron chi connectivity index (χ3n) is 3.61. The fourth-order valence-electron chi connectivity index (χ4n) is 2.35. The third-order valence-corrected chi connectivity index (χ3v) is 3.95. The molecule has 0 aliphatic heterocycles. The van der Waals surface area contributed by atoms with Gasteiger partial charge in [0.2, 0.25) is 0 Å². The number of hydroxylamine groups is 2. The van der Waals surface area contributed by atoms with Gasteiger partial charge in [-0.25, -0.2) is 0 Å². The average Bonchev–Trinajstić information content (AvgIpc) is 2.40. The molecular formula is C15H22Cl2N2O3. The number of aliphatic carboxylic acids is 1. The van der Waals surface area contributed by atoms with Gasteiger partial charge < -0.3 is 20.7 Å². The summed E-state index contributed by atoms with van der Waals surface area (Å²) in [6.07, 6.45) is 0.304. The zero-order chi connectivity index (χ0) is 16.8. The number of hydrogen-bond acceptors (Lipinski definition) is 3. The second kappa shape index (κ2) is 8.70. The number of halogens is 2. The number of quaternary nitrogens is 1. The van der Waals surface area contributed by atoms with Crippen molar-refractivity contribution in [2.45, 2.75) is 25.8 Å². The molecule has 0 aliphatic carbocycles. The van der Waals surface area contributed by atoms with Gasteiger partial charge in [0.1, 0.15) is 5.69 Å². The molecule has 7 heteroatoms. The lowest BCUT2D eigenvalue weighted by molar-refractivity contribution is -0.137. The average molecular weight is 349 g/mol. The number of nitrogens with zero attached hydrogens (tertiary/aromatic N) is 1. The monoisotopic (exact) mass is 348 g/mol. The largest absolute Gasteiger partial charge is 0.627 e. The molecule has 3 N–H and O–H groups in total. The standard InChI is InChI=1S/C15H22Cl2N2O3/c1-11-2-3-14(19(22,6-4-16)7-5-17)9-12(11)8-13(18)10-15(20)21/h2-3,9,13H,4-8,10,18H2,1H3,(H,20,21)/t13-/m1/s1. The van der Waals surface area contributed by atoms with Crippen molar-refractivity contribution >= 4 is 34.9 Å². The molecule has 1 aromatic carbocycles. The van der Waals surface area contributed by atoms with E-state index in [0.29, 0.717) is 12.1 Å². The molecule has 0 aromatic heterocycles. The molecule has 22 heavy (non-hydrogen) atoms. The van der Waals surface area contributed by atoms with Crippen molar-refractivity contribution in [2.24, 2.45) is 5.73 Å². The summed E-state index contributed by atoms with van der Waals surface area (Å²) in [5, 5.41) is 21.7. The predicted octanol–water partition coefficient (Wildman–Crippen LogP) is 2.62. The summed E-state index contributed by atoms with van der Waals surface area (Å²) in [5.41, 5.74) is 8.28. The number of nitrogens with two attached hydrogens (primary N) is 1. The molecule has 1 rings (SSSR count). The van der Waals surface area contributed by atoms with Crippen LogP contribution in [-0.2, 0) is 11.2 Å². The quantitative estimate of drug-likeness (QED) is 0.408. The number of rotatable bonds is 9. The lowest BCUT2D eigenvalue weighted by Gasteiger charge is -2.41. The fourth-order valence-corrected chi connectivity index (χ4v) is 2.90. The number of alkyl halides is 2. The van der Waals surface area contributed by atoms with Crippen molar-refractivity contribution in [1.82, 2.24) is 4.65 Å². The minimum absolute atomic E-state index is 0.107. The number of benzene rings is 1. The summed E-state index contributed by atoms with van der Waals surface area (Å²) < 4.78 is -0.589. The minimum atomic E-state index is -0.931. The molecule has 0 spiro atoms. The van der Waals surface area contributed by atoms with Gasteiger partial charge in [-0.2, -0.15) is 0 Å². The third kappa shape index (κ3) is 5.41. The van der Waals surface area contributed by atoms with E-state index >= 15 is 0 Å². The molecule has 0 unspecified atom stereocenters. The molecule has 0 fully saturated rings. The van der Waals surface area contributed by atoms with E-state index in [2.05, 4.69) is 0 Å². The van der Waals surface area contributed by atoms with Crippen LogP contribution >= 0.6 is 23.2 Å². The highest BCUT2D eigenvalue weighted by Crippen LogP contribution is 2.26. The molecule has 5 nitrogen and oxygen atoms in total. The molecular weight excluding hydrogens is 327 g/mol. The fraction of sp³-hybridized carbons (Fsp3) is 0.533. The van der Waals surface area contributed by atoms with Gasteiger partial charge in [0.25, 0.3) is 0 Å². The van der Waals surface area contributed by atoms with Gasteiger partial charge in [0, 0.05) is 12.1 Å². The highest BCUT2D eigenvalue weighted by molar-refractivity contribution is 6.18. The Balaban J connectivity index is 3.03. The summed E-state index contributed by atoms with van der Waals surface area (Å²) in [6, 6.07) is 4.93. The van der Waals surface area contributed by atoms with Gasteiger partial charge in [0.15, 0.2) is 0 Å². The first kappa shape index (κ1) is 19.2. The topological polar surface area (TPSA) is 86.4 Å². The molecule has 0 bridgehead atoms. The molecule has 0 saturated carbocycles. The summed E-state index contributed by atoms with van der Waals surface area (Å²) in [6.45, 7) is 2.38. The summed E-state index contributed by atoms with van der Waals surface area (Å²) in [4.78, 5) is 10.7. The maximum absolute atomic E-state index is 12.9. The Bertz CT molecular complexity index is 506. The molecule has 1 aromatic rings. The number of carbonyl (C=O) groups is 1. The van der Waals surface area contributed by atoms with Crippen molar-refractivity contribution in [1.29, 1.82) is 0 Å². The van der Waals surface area contributed by atoms with Gasteiger partial charge in [-0.15, -0.1) is 23.2 Å². The molecule has 0 radical (unpaired) electrons. The van der Waals surface area contributed by atoms with Crippen molar-refractivity contribution in [3.63, 3.8) is 0 Å². The lowest BCUT2D eigenvalue weighted by atomic mass is 9.98. The Morgan fingerprint density at radius 1 is 1.36 bits per heavy atom. The first-order valence-electron chi connectivity index (χ1n) is 7.10.